The molecule has 28 heavy (non-hydrogen) atoms. The van der Waals surface area contributed by atoms with E-state index < -0.39 is 0 Å². The molecule has 1 rings (SSSR count). The SMILES string of the molecule is CCC(CC)C(C)COC(=O)C1CCC(C(=O)OCC(C)C(CC)CC)CC1. The van der Waals surface area contributed by atoms with E-state index in [4.69, 9.17) is 9.47 Å². The maximum absolute atomic E-state index is 12.4. The predicted octanol–water partition coefficient (Wildman–Crippen LogP) is 6.02. The summed E-state index contributed by atoms with van der Waals surface area (Å²) in [7, 11) is 0. The van der Waals surface area contributed by atoms with E-state index in [2.05, 4.69) is 41.5 Å². The minimum absolute atomic E-state index is 0.0542. The zero-order chi connectivity index (χ0) is 21.1. The summed E-state index contributed by atoms with van der Waals surface area (Å²) in [5.74, 6) is 1.77. The van der Waals surface area contributed by atoms with E-state index in [9.17, 15) is 9.59 Å². The lowest BCUT2D eigenvalue weighted by Gasteiger charge is -2.28. The van der Waals surface area contributed by atoms with Crippen LogP contribution in [0.4, 0.5) is 0 Å². The number of hydrogen-bond donors (Lipinski definition) is 0. The van der Waals surface area contributed by atoms with Gasteiger partial charge in [-0.15, -0.1) is 0 Å². The minimum atomic E-state index is -0.0769. The van der Waals surface area contributed by atoms with Crippen LogP contribution in [0.1, 0.15) is 92.9 Å². The maximum Gasteiger partial charge on any atom is 0.308 e. The van der Waals surface area contributed by atoms with Gasteiger partial charge >= 0.3 is 11.9 Å². The predicted molar refractivity (Wildman–Crippen MR) is 114 cm³/mol. The second-order valence-corrected chi connectivity index (χ2v) is 8.92. The third-order valence-electron chi connectivity index (χ3n) is 7.08. The van der Waals surface area contributed by atoms with Crippen LogP contribution < -0.4 is 0 Å². The summed E-state index contributed by atoms with van der Waals surface area (Å²) in [4.78, 5) is 24.8. The average molecular weight is 397 g/mol. The molecule has 1 fully saturated rings. The van der Waals surface area contributed by atoms with E-state index in [1.54, 1.807) is 0 Å². The molecule has 0 spiro atoms. The Balaban J connectivity index is 2.33. The summed E-state index contributed by atoms with van der Waals surface area (Å²) >= 11 is 0. The van der Waals surface area contributed by atoms with Crippen LogP contribution >= 0.6 is 0 Å². The minimum Gasteiger partial charge on any atom is -0.465 e. The number of hydrogen-bond acceptors (Lipinski definition) is 4. The van der Waals surface area contributed by atoms with Crippen molar-refractivity contribution in [3.05, 3.63) is 0 Å². The number of esters is 2. The van der Waals surface area contributed by atoms with Crippen LogP contribution in [0.15, 0.2) is 0 Å². The van der Waals surface area contributed by atoms with Crippen molar-refractivity contribution in [3.8, 4) is 0 Å². The monoisotopic (exact) mass is 396 g/mol. The maximum atomic E-state index is 12.4. The van der Waals surface area contributed by atoms with Gasteiger partial charge in [0.15, 0.2) is 0 Å². The van der Waals surface area contributed by atoms with Crippen LogP contribution in [-0.4, -0.2) is 25.2 Å². The third kappa shape index (κ3) is 7.75. The van der Waals surface area contributed by atoms with Crippen LogP contribution in [0.3, 0.4) is 0 Å². The highest BCUT2D eigenvalue weighted by Crippen LogP contribution is 2.31. The van der Waals surface area contributed by atoms with Crippen molar-refractivity contribution in [1.29, 1.82) is 0 Å². The molecule has 2 atom stereocenters. The first-order valence-electron chi connectivity index (χ1n) is 11.7. The van der Waals surface area contributed by atoms with Crippen LogP contribution in [-0.2, 0) is 19.1 Å². The smallest absolute Gasteiger partial charge is 0.308 e. The van der Waals surface area contributed by atoms with Crippen LogP contribution in [0.5, 0.6) is 0 Å². The largest absolute Gasteiger partial charge is 0.465 e. The molecule has 0 saturated heterocycles. The van der Waals surface area contributed by atoms with E-state index >= 15 is 0 Å². The van der Waals surface area contributed by atoms with Crippen molar-refractivity contribution in [2.24, 2.45) is 35.5 Å². The Bertz CT molecular complexity index is 404. The Labute approximate surface area is 173 Å². The molecule has 0 heterocycles. The molecule has 4 nitrogen and oxygen atoms in total. The van der Waals surface area contributed by atoms with Gasteiger partial charge in [0.2, 0.25) is 0 Å². The molecule has 0 amide bonds. The molecule has 4 heteroatoms. The average Bonchev–Trinajstić information content (AvgIpc) is 2.72. The lowest BCUT2D eigenvalue weighted by atomic mass is 9.82. The Kier molecular flexibility index (Phi) is 11.8. The fourth-order valence-corrected chi connectivity index (χ4v) is 4.69. The first kappa shape index (κ1) is 25.0. The highest BCUT2D eigenvalue weighted by Gasteiger charge is 2.32. The van der Waals surface area contributed by atoms with Gasteiger partial charge in [0.25, 0.3) is 0 Å². The highest BCUT2D eigenvalue weighted by atomic mass is 16.5. The first-order valence-corrected chi connectivity index (χ1v) is 11.7. The number of carbonyl (C=O) groups excluding carboxylic acids is 2. The molecule has 0 aromatic carbocycles. The Morgan fingerprint density at radius 2 is 0.964 bits per heavy atom. The molecular weight excluding hydrogens is 352 g/mol. The van der Waals surface area contributed by atoms with Crippen molar-refractivity contribution in [2.45, 2.75) is 92.9 Å². The Morgan fingerprint density at radius 3 is 1.21 bits per heavy atom. The van der Waals surface area contributed by atoms with E-state index in [1.807, 2.05) is 0 Å². The van der Waals surface area contributed by atoms with Gasteiger partial charge < -0.3 is 9.47 Å². The van der Waals surface area contributed by atoms with E-state index in [0.29, 0.717) is 36.9 Å². The lowest BCUT2D eigenvalue weighted by molar-refractivity contribution is -0.157. The van der Waals surface area contributed by atoms with Gasteiger partial charge in [-0.1, -0.05) is 67.2 Å². The molecule has 0 aliphatic heterocycles. The summed E-state index contributed by atoms with van der Waals surface area (Å²) in [5, 5.41) is 0. The van der Waals surface area contributed by atoms with Gasteiger partial charge in [-0.2, -0.15) is 0 Å². The highest BCUT2D eigenvalue weighted by molar-refractivity contribution is 5.75. The topological polar surface area (TPSA) is 52.6 Å². The van der Waals surface area contributed by atoms with E-state index in [1.165, 1.54) is 0 Å². The van der Waals surface area contributed by atoms with Gasteiger partial charge in [-0.05, 0) is 49.4 Å². The molecular formula is C24H44O4. The summed E-state index contributed by atoms with van der Waals surface area (Å²) in [6.07, 6.45) is 7.44. The van der Waals surface area contributed by atoms with Crippen LogP contribution in [0.25, 0.3) is 0 Å². The fraction of sp³-hybridized carbons (Fsp3) is 0.917. The second-order valence-electron chi connectivity index (χ2n) is 8.92. The van der Waals surface area contributed by atoms with Crippen LogP contribution in [0, 0.1) is 35.5 Å². The Hall–Kier alpha value is -1.06. The zero-order valence-electron chi connectivity index (χ0n) is 19.2. The molecule has 0 N–H and O–H groups in total. The summed E-state index contributed by atoms with van der Waals surface area (Å²) in [6.45, 7) is 14.1. The van der Waals surface area contributed by atoms with Crippen molar-refractivity contribution in [1.82, 2.24) is 0 Å². The van der Waals surface area contributed by atoms with Crippen molar-refractivity contribution < 1.29 is 19.1 Å². The Morgan fingerprint density at radius 1 is 0.679 bits per heavy atom. The number of rotatable bonds is 12. The molecule has 2 unspecified atom stereocenters. The molecule has 1 saturated carbocycles. The molecule has 0 aromatic heterocycles. The summed E-state index contributed by atoms with van der Waals surface area (Å²) in [5.41, 5.74) is 0. The molecule has 1 aliphatic carbocycles. The number of ether oxygens (including phenoxy) is 2. The van der Waals surface area contributed by atoms with E-state index in [-0.39, 0.29) is 23.8 Å². The number of carbonyl (C=O) groups is 2. The molecule has 0 radical (unpaired) electrons. The lowest BCUT2D eigenvalue weighted by Crippen LogP contribution is -2.30. The first-order chi connectivity index (χ1) is 13.4. The van der Waals surface area contributed by atoms with E-state index in [0.717, 1.165) is 51.4 Å². The standard InChI is InChI=1S/C24H44O4/c1-7-19(8-2)17(5)15-27-23(25)21-11-13-22(14-12-21)24(26)28-16-18(6)20(9-3)10-4/h17-22H,7-16H2,1-6H3. The van der Waals surface area contributed by atoms with Crippen molar-refractivity contribution in [3.63, 3.8) is 0 Å². The quantitative estimate of drug-likeness (QED) is 0.378. The molecule has 164 valence electrons. The van der Waals surface area contributed by atoms with Gasteiger partial charge in [0.1, 0.15) is 0 Å². The van der Waals surface area contributed by atoms with Gasteiger partial charge in [-0.25, -0.2) is 0 Å². The normalized spacial score (nSPS) is 22.1. The van der Waals surface area contributed by atoms with Gasteiger partial charge in [0, 0.05) is 0 Å². The third-order valence-corrected chi connectivity index (χ3v) is 7.08. The molecule has 1 aliphatic rings. The fourth-order valence-electron chi connectivity index (χ4n) is 4.69. The zero-order valence-corrected chi connectivity index (χ0v) is 19.2. The molecule has 0 aromatic rings. The summed E-state index contributed by atoms with van der Waals surface area (Å²) in [6, 6.07) is 0. The summed E-state index contributed by atoms with van der Waals surface area (Å²) < 4.78 is 11.2. The van der Waals surface area contributed by atoms with Crippen LogP contribution in [0.2, 0.25) is 0 Å². The van der Waals surface area contributed by atoms with Gasteiger partial charge in [-0.3, -0.25) is 9.59 Å². The second kappa shape index (κ2) is 13.2. The van der Waals surface area contributed by atoms with Crippen molar-refractivity contribution in [2.75, 3.05) is 13.2 Å². The van der Waals surface area contributed by atoms with Crippen molar-refractivity contribution >= 4 is 11.9 Å². The molecule has 0 bridgehead atoms. The van der Waals surface area contributed by atoms with Gasteiger partial charge in [0.05, 0.1) is 25.0 Å².